The number of fused-ring (bicyclic) bond motifs is 1. The first-order valence-corrected chi connectivity index (χ1v) is 12.3. The molecule has 12 heteroatoms. The Morgan fingerprint density at radius 3 is 2.10 bits per heavy atom. The number of rotatable bonds is 13. The lowest BCUT2D eigenvalue weighted by Gasteiger charge is -2.24. The van der Waals surface area contributed by atoms with Crippen LogP contribution in [0.25, 0.3) is 10.9 Å². The van der Waals surface area contributed by atoms with Crippen molar-refractivity contribution in [3.05, 3.63) is 71.9 Å². The van der Waals surface area contributed by atoms with Gasteiger partial charge in [0.2, 0.25) is 17.7 Å². The van der Waals surface area contributed by atoms with E-state index >= 15 is 0 Å². The predicted octanol–water partition coefficient (Wildman–Crippen LogP) is 0.314. The quantitative estimate of drug-likeness (QED) is 0.161. The first-order chi connectivity index (χ1) is 18.5. The van der Waals surface area contributed by atoms with Crippen molar-refractivity contribution in [1.82, 2.24) is 20.9 Å². The van der Waals surface area contributed by atoms with Crippen molar-refractivity contribution in [2.24, 2.45) is 5.73 Å². The van der Waals surface area contributed by atoms with E-state index in [1.165, 1.54) is 6.92 Å². The van der Waals surface area contributed by atoms with Crippen LogP contribution >= 0.6 is 0 Å². The number of nitrogens with one attached hydrogen (secondary N) is 4. The van der Waals surface area contributed by atoms with Crippen LogP contribution in [0.1, 0.15) is 24.5 Å². The van der Waals surface area contributed by atoms with Gasteiger partial charge in [-0.15, -0.1) is 0 Å². The number of carboxylic acids is 2. The summed E-state index contributed by atoms with van der Waals surface area (Å²) in [5, 5.41) is 26.3. The number of aromatic nitrogens is 1. The smallest absolute Gasteiger partial charge is 0.325 e. The summed E-state index contributed by atoms with van der Waals surface area (Å²) >= 11 is 0. The van der Waals surface area contributed by atoms with E-state index in [0.717, 1.165) is 16.5 Å². The van der Waals surface area contributed by atoms with Crippen molar-refractivity contribution in [2.45, 2.75) is 50.4 Å². The predicted molar refractivity (Wildman–Crippen MR) is 141 cm³/mol. The third kappa shape index (κ3) is 8.14. The van der Waals surface area contributed by atoms with E-state index in [4.69, 9.17) is 10.8 Å². The van der Waals surface area contributed by atoms with Crippen molar-refractivity contribution in [2.75, 3.05) is 0 Å². The molecule has 0 fully saturated rings. The van der Waals surface area contributed by atoms with Gasteiger partial charge in [0, 0.05) is 23.5 Å². The van der Waals surface area contributed by atoms with Gasteiger partial charge in [-0.3, -0.25) is 24.0 Å². The van der Waals surface area contributed by atoms with E-state index in [-0.39, 0.29) is 12.8 Å². The molecule has 0 spiro atoms. The second-order valence-corrected chi connectivity index (χ2v) is 9.15. The van der Waals surface area contributed by atoms with Gasteiger partial charge < -0.3 is 36.9 Å². The molecule has 3 amide bonds. The van der Waals surface area contributed by atoms with Gasteiger partial charge in [-0.05, 0) is 30.5 Å². The van der Waals surface area contributed by atoms with Crippen LogP contribution in [0.2, 0.25) is 0 Å². The van der Waals surface area contributed by atoms with E-state index in [9.17, 15) is 29.1 Å². The standard InChI is InChI=1S/C27H31N5O7/c1-15(27(38)39)30-25(36)22(13-23(33)34)32-26(37)21(12-17-14-29-20-10-6-5-9-18(17)20)31-24(35)19(28)11-16-7-3-2-4-8-16/h2-10,14-15,19,21-22,29H,11-13,28H2,1H3,(H,30,36)(H,31,35)(H,32,37)(H,33,34)(H,38,39). The van der Waals surface area contributed by atoms with E-state index in [2.05, 4.69) is 20.9 Å². The summed E-state index contributed by atoms with van der Waals surface area (Å²) in [5.41, 5.74) is 8.44. The van der Waals surface area contributed by atoms with Gasteiger partial charge >= 0.3 is 11.9 Å². The van der Waals surface area contributed by atoms with Gasteiger partial charge in [0.25, 0.3) is 0 Å². The largest absolute Gasteiger partial charge is 0.481 e. The van der Waals surface area contributed by atoms with Gasteiger partial charge in [-0.2, -0.15) is 0 Å². The zero-order chi connectivity index (χ0) is 28.5. The van der Waals surface area contributed by atoms with Crippen molar-refractivity contribution < 1.29 is 34.2 Å². The van der Waals surface area contributed by atoms with Crippen molar-refractivity contribution >= 4 is 40.6 Å². The highest BCUT2D eigenvalue weighted by Gasteiger charge is 2.31. The molecule has 0 aliphatic carbocycles. The maximum absolute atomic E-state index is 13.4. The third-order valence-electron chi connectivity index (χ3n) is 6.11. The van der Waals surface area contributed by atoms with Crippen LogP contribution < -0.4 is 21.7 Å². The van der Waals surface area contributed by atoms with Crippen LogP contribution in [0, 0.1) is 0 Å². The number of hydrogen-bond donors (Lipinski definition) is 7. The Morgan fingerprint density at radius 1 is 0.821 bits per heavy atom. The van der Waals surface area contributed by atoms with Gasteiger partial charge in [-0.25, -0.2) is 0 Å². The van der Waals surface area contributed by atoms with Crippen LogP contribution in [0.5, 0.6) is 0 Å². The molecule has 206 valence electrons. The average molecular weight is 538 g/mol. The Labute approximate surface area is 224 Å². The molecule has 8 N–H and O–H groups in total. The average Bonchev–Trinajstić information content (AvgIpc) is 3.30. The molecule has 4 atom stereocenters. The fourth-order valence-corrected chi connectivity index (χ4v) is 4.00. The minimum Gasteiger partial charge on any atom is -0.481 e. The molecule has 0 saturated heterocycles. The summed E-state index contributed by atoms with van der Waals surface area (Å²) < 4.78 is 0. The molecule has 3 rings (SSSR count). The topological polar surface area (TPSA) is 204 Å². The molecule has 3 aromatic rings. The number of aliphatic carboxylic acids is 2. The number of benzene rings is 2. The van der Waals surface area contributed by atoms with Crippen LogP contribution in [-0.4, -0.2) is 69.0 Å². The Kier molecular flexibility index (Phi) is 9.76. The first kappa shape index (κ1) is 28.9. The number of carboxylic acid groups (broad SMARTS) is 2. The normalized spacial score (nSPS) is 14.0. The number of H-pyrrole nitrogens is 1. The summed E-state index contributed by atoms with van der Waals surface area (Å²) in [4.78, 5) is 64.6. The number of hydrogen-bond acceptors (Lipinski definition) is 6. The molecule has 0 aliphatic rings. The molecule has 39 heavy (non-hydrogen) atoms. The van der Waals surface area contributed by atoms with Crippen LogP contribution in [0.15, 0.2) is 60.8 Å². The Bertz CT molecular complexity index is 1340. The van der Waals surface area contributed by atoms with E-state index < -0.39 is 60.2 Å². The summed E-state index contributed by atoms with van der Waals surface area (Å²) in [6.07, 6.45) is 1.11. The van der Waals surface area contributed by atoms with Gasteiger partial charge in [0.15, 0.2) is 0 Å². The number of nitrogens with two attached hydrogens (primary N) is 1. The number of carbonyl (C=O) groups is 5. The molecule has 0 saturated carbocycles. The molecule has 12 nitrogen and oxygen atoms in total. The van der Waals surface area contributed by atoms with E-state index in [0.29, 0.717) is 5.56 Å². The van der Waals surface area contributed by atoms with E-state index in [1.54, 1.807) is 6.20 Å². The maximum Gasteiger partial charge on any atom is 0.325 e. The third-order valence-corrected chi connectivity index (χ3v) is 6.11. The molecule has 0 aliphatic heterocycles. The summed E-state index contributed by atoms with van der Waals surface area (Å²) in [7, 11) is 0. The molecule has 0 radical (unpaired) electrons. The van der Waals surface area contributed by atoms with Crippen molar-refractivity contribution in [3.63, 3.8) is 0 Å². The minimum absolute atomic E-state index is 0.00653. The van der Waals surface area contributed by atoms with Crippen LogP contribution in [0.3, 0.4) is 0 Å². The molecule has 1 heterocycles. The van der Waals surface area contributed by atoms with E-state index in [1.807, 2.05) is 54.6 Å². The van der Waals surface area contributed by atoms with Gasteiger partial charge in [0.05, 0.1) is 12.5 Å². The second-order valence-electron chi connectivity index (χ2n) is 9.15. The highest BCUT2D eigenvalue weighted by atomic mass is 16.4. The number of amides is 3. The Balaban J connectivity index is 1.82. The fraction of sp³-hybridized carbons (Fsp3) is 0.296. The lowest BCUT2D eigenvalue weighted by Crippen LogP contribution is -2.58. The zero-order valence-electron chi connectivity index (χ0n) is 21.2. The highest BCUT2D eigenvalue weighted by Crippen LogP contribution is 2.19. The molecular formula is C27H31N5O7. The molecular weight excluding hydrogens is 506 g/mol. The first-order valence-electron chi connectivity index (χ1n) is 12.3. The molecule has 1 aromatic heterocycles. The summed E-state index contributed by atoms with van der Waals surface area (Å²) in [6.45, 7) is 1.20. The van der Waals surface area contributed by atoms with Crippen LogP contribution in [0.4, 0.5) is 0 Å². The van der Waals surface area contributed by atoms with Crippen molar-refractivity contribution in [3.8, 4) is 0 Å². The monoisotopic (exact) mass is 537 g/mol. The van der Waals surface area contributed by atoms with Crippen molar-refractivity contribution in [1.29, 1.82) is 0 Å². The fourth-order valence-electron chi connectivity index (χ4n) is 4.00. The Morgan fingerprint density at radius 2 is 1.44 bits per heavy atom. The molecule has 4 unspecified atom stereocenters. The summed E-state index contributed by atoms with van der Waals surface area (Å²) in [6, 6.07) is 11.3. The maximum atomic E-state index is 13.4. The molecule has 0 bridgehead atoms. The lowest BCUT2D eigenvalue weighted by molar-refractivity contribution is -0.143. The van der Waals surface area contributed by atoms with Gasteiger partial charge in [-0.1, -0.05) is 48.5 Å². The molecule has 2 aromatic carbocycles. The Hall–Kier alpha value is -4.71. The number of para-hydroxylation sites is 1. The zero-order valence-corrected chi connectivity index (χ0v) is 21.2. The van der Waals surface area contributed by atoms with Crippen LogP contribution in [-0.2, 0) is 36.8 Å². The number of carbonyl (C=O) groups excluding carboxylic acids is 3. The summed E-state index contributed by atoms with van der Waals surface area (Å²) in [5.74, 6) is -5.15. The second kappa shape index (κ2) is 13.2. The van der Waals surface area contributed by atoms with Gasteiger partial charge in [0.1, 0.15) is 18.1 Å². The SMILES string of the molecule is CC(NC(=O)C(CC(=O)O)NC(=O)C(Cc1c[nH]c2ccccc12)NC(=O)C(N)Cc1ccccc1)C(=O)O. The highest BCUT2D eigenvalue weighted by molar-refractivity contribution is 5.96. The minimum atomic E-state index is -1.59. The number of aromatic amines is 1. The lowest BCUT2D eigenvalue weighted by atomic mass is 10.0.